The molecule has 160 valence electrons. The van der Waals surface area contributed by atoms with Crippen molar-refractivity contribution in [3.8, 4) is 0 Å². The Morgan fingerprint density at radius 3 is 2.35 bits per heavy atom. The van der Waals surface area contributed by atoms with Crippen LogP contribution in [0.3, 0.4) is 0 Å². The molecule has 1 heterocycles. The van der Waals surface area contributed by atoms with Crippen molar-refractivity contribution in [1.29, 1.82) is 0 Å². The van der Waals surface area contributed by atoms with Crippen molar-refractivity contribution < 1.29 is 18.4 Å². The van der Waals surface area contributed by atoms with Crippen molar-refractivity contribution in [3.63, 3.8) is 0 Å². The van der Waals surface area contributed by atoms with Crippen LogP contribution in [0, 0.1) is 5.82 Å². The molecule has 1 aliphatic rings. The van der Waals surface area contributed by atoms with Crippen LogP contribution in [0.25, 0.3) is 0 Å². The second-order valence-corrected chi connectivity index (χ2v) is 7.61. The first-order valence-electron chi connectivity index (χ1n) is 10.3. The smallest absolute Gasteiger partial charge is 0.322 e. The van der Waals surface area contributed by atoms with E-state index in [0.717, 1.165) is 18.4 Å². The Hall–Kier alpha value is -3.61. The SMILES string of the molecule is O=C(CN(C(=O)Nc1ccccc1)C1CC1)N(Cc1ccc(F)cc1)Cc1ccco1. The van der Waals surface area contributed by atoms with Crippen LogP contribution < -0.4 is 5.32 Å². The predicted octanol–water partition coefficient (Wildman–Crippen LogP) is 4.64. The first-order chi connectivity index (χ1) is 15.1. The molecule has 1 N–H and O–H groups in total. The summed E-state index contributed by atoms with van der Waals surface area (Å²) in [6, 6.07) is 18.5. The molecule has 2 aromatic carbocycles. The Morgan fingerprint density at radius 2 is 1.71 bits per heavy atom. The molecule has 7 heteroatoms. The summed E-state index contributed by atoms with van der Waals surface area (Å²) in [5, 5.41) is 2.87. The molecule has 0 saturated heterocycles. The Balaban J connectivity index is 1.47. The van der Waals surface area contributed by atoms with Gasteiger partial charge in [0.1, 0.15) is 18.1 Å². The molecule has 0 aliphatic heterocycles. The number of benzene rings is 2. The summed E-state index contributed by atoms with van der Waals surface area (Å²) in [6.07, 6.45) is 3.32. The summed E-state index contributed by atoms with van der Waals surface area (Å²) in [5.74, 6) is 0.114. The van der Waals surface area contributed by atoms with Gasteiger partial charge in [0.15, 0.2) is 0 Å². The number of nitrogens with one attached hydrogen (secondary N) is 1. The Labute approximate surface area is 180 Å². The van der Waals surface area contributed by atoms with Gasteiger partial charge in [0.2, 0.25) is 5.91 Å². The lowest BCUT2D eigenvalue weighted by molar-refractivity contribution is -0.133. The molecule has 3 amide bonds. The highest BCUT2D eigenvalue weighted by molar-refractivity contribution is 5.92. The predicted molar refractivity (Wildman–Crippen MR) is 115 cm³/mol. The molecule has 0 radical (unpaired) electrons. The number of carbonyl (C=O) groups is 2. The highest BCUT2D eigenvalue weighted by Gasteiger charge is 2.35. The lowest BCUT2D eigenvalue weighted by atomic mass is 10.2. The fourth-order valence-electron chi connectivity index (χ4n) is 3.35. The molecule has 0 atom stereocenters. The number of furan rings is 1. The van der Waals surface area contributed by atoms with E-state index in [4.69, 9.17) is 4.42 Å². The van der Waals surface area contributed by atoms with Crippen molar-refractivity contribution in [2.45, 2.75) is 32.0 Å². The van der Waals surface area contributed by atoms with E-state index < -0.39 is 0 Å². The van der Waals surface area contributed by atoms with Crippen LogP contribution in [-0.4, -0.2) is 34.3 Å². The third-order valence-electron chi connectivity index (χ3n) is 5.15. The summed E-state index contributed by atoms with van der Waals surface area (Å²) < 4.78 is 18.7. The molecule has 1 aliphatic carbocycles. The van der Waals surface area contributed by atoms with Gasteiger partial charge in [-0.05, 0) is 54.8 Å². The molecule has 1 saturated carbocycles. The number of nitrogens with zero attached hydrogens (tertiary/aromatic N) is 2. The van der Waals surface area contributed by atoms with Crippen molar-refractivity contribution in [1.82, 2.24) is 9.80 Å². The fraction of sp³-hybridized carbons (Fsp3) is 0.250. The van der Waals surface area contributed by atoms with E-state index in [1.54, 1.807) is 40.3 Å². The summed E-state index contributed by atoms with van der Waals surface area (Å²) in [5.41, 5.74) is 1.48. The van der Waals surface area contributed by atoms with E-state index >= 15 is 0 Å². The topological polar surface area (TPSA) is 65.8 Å². The largest absolute Gasteiger partial charge is 0.467 e. The highest BCUT2D eigenvalue weighted by atomic mass is 19.1. The van der Waals surface area contributed by atoms with Gasteiger partial charge < -0.3 is 19.5 Å². The van der Waals surface area contributed by atoms with Gasteiger partial charge in [-0.15, -0.1) is 0 Å². The van der Waals surface area contributed by atoms with E-state index in [1.807, 2.05) is 30.3 Å². The molecule has 0 spiro atoms. The second-order valence-electron chi connectivity index (χ2n) is 7.61. The number of hydrogen-bond donors (Lipinski definition) is 1. The number of para-hydroxylation sites is 1. The lowest BCUT2D eigenvalue weighted by Gasteiger charge is -2.27. The van der Waals surface area contributed by atoms with E-state index in [1.165, 1.54) is 12.1 Å². The summed E-state index contributed by atoms with van der Waals surface area (Å²) >= 11 is 0. The minimum atomic E-state index is -0.329. The van der Waals surface area contributed by atoms with Gasteiger partial charge in [-0.2, -0.15) is 0 Å². The lowest BCUT2D eigenvalue weighted by Crippen LogP contribution is -2.45. The molecule has 3 aromatic rings. The fourth-order valence-corrected chi connectivity index (χ4v) is 3.35. The Morgan fingerprint density at radius 1 is 0.968 bits per heavy atom. The van der Waals surface area contributed by atoms with Crippen LogP contribution in [0.4, 0.5) is 14.9 Å². The van der Waals surface area contributed by atoms with Crippen molar-refractivity contribution in [2.75, 3.05) is 11.9 Å². The Bertz CT molecular complexity index is 1000. The summed E-state index contributed by atoms with van der Waals surface area (Å²) in [6.45, 7) is 0.520. The van der Waals surface area contributed by atoms with Gasteiger partial charge in [0, 0.05) is 18.3 Å². The second kappa shape index (κ2) is 9.47. The molecule has 31 heavy (non-hydrogen) atoms. The van der Waals surface area contributed by atoms with Crippen LogP contribution in [0.15, 0.2) is 77.4 Å². The van der Waals surface area contributed by atoms with Crippen LogP contribution in [-0.2, 0) is 17.9 Å². The average Bonchev–Trinajstić information content (AvgIpc) is 3.49. The van der Waals surface area contributed by atoms with Gasteiger partial charge in [0.05, 0.1) is 12.8 Å². The van der Waals surface area contributed by atoms with E-state index in [2.05, 4.69) is 5.32 Å². The zero-order valence-electron chi connectivity index (χ0n) is 17.0. The first kappa shape index (κ1) is 20.7. The molecule has 6 nitrogen and oxygen atoms in total. The zero-order valence-corrected chi connectivity index (χ0v) is 17.0. The number of carbonyl (C=O) groups excluding carboxylic acids is 2. The van der Waals surface area contributed by atoms with Crippen LogP contribution in [0.5, 0.6) is 0 Å². The number of amides is 3. The monoisotopic (exact) mass is 421 g/mol. The average molecular weight is 421 g/mol. The van der Waals surface area contributed by atoms with Crippen molar-refractivity contribution in [3.05, 3.63) is 90.1 Å². The molecule has 1 fully saturated rings. The van der Waals surface area contributed by atoms with Crippen LogP contribution >= 0.6 is 0 Å². The number of hydrogen-bond acceptors (Lipinski definition) is 3. The maximum absolute atomic E-state index is 13.3. The molecular weight excluding hydrogens is 397 g/mol. The highest BCUT2D eigenvalue weighted by Crippen LogP contribution is 2.28. The standard InChI is InChI=1S/C24H24FN3O3/c25-19-10-8-18(9-11-19)15-27(16-22-7-4-14-31-22)23(29)17-28(21-12-13-21)24(30)26-20-5-2-1-3-6-20/h1-11,14,21H,12-13,15-17H2,(H,26,30). The third kappa shape index (κ3) is 5.72. The van der Waals surface area contributed by atoms with Gasteiger partial charge >= 0.3 is 6.03 Å². The Kier molecular flexibility index (Phi) is 6.31. The minimum absolute atomic E-state index is 0.0365. The first-order valence-corrected chi connectivity index (χ1v) is 10.3. The van der Waals surface area contributed by atoms with E-state index in [9.17, 15) is 14.0 Å². The van der Waals surface area contributed by atoms with E-state index in [-0.39, 0.29) is 36.9 Å². The van der Waals surface area contributed by atoms with Crippen molar-refractivity contribution in [2.24, 2.45) is 0 Å². The quantitative estimate of drug-likeness (QED) is 0.576. The van der Waals surface area contributed by atoms with Gasteiger partial charge in [-0.1, -0.05) is 30.3 Å². The summed E-state index contributed by atoms with van der Waals surface area (Å²) in [7, 11) is 0. The molecule has 0 unspecified atom stereocenters. The molecule has 1 aromatic heterocycles. The van der Waals surface area contributed by atoms with Gasteiger partial charge in [-0.3, -0.25) is 4.79 Å². The van der Waals surface area contributed by atoms with Gasteiger partial charge in [-0.25, -0.2) is 9.18 Å². The van der Waals surface area contributed by atoms with Gasteiger partial charge in [0.25, 0.3) is 0 Å². The maximum Gasteiger partial charge on any atom is 0.322 e. The number of rotatable bonds is 8. The zero-order chi connectivity index (χ0) is 21.6. The number of halogens is 1. The molecule has 0 bridgehead atoms. The van der Waals surface area contributed by atoms with E-state index in [0.29, 0.717) is 18.0 Å². The number of anilines is 1. The summed E-state index contributed by atoms with van der Waals surface area (Å²) in [4.78, 5) is 29.3. The van der Waals surface area contributed by atoms with Crippen LogP contribution in [0.2, 0.25) is 0 Å². The minimum Gasteiger partial charge on any atom is -0.467 e. The van der Waals surface area contributed by atoms with Crippen molar-refractivity contribution >= 4 is 17.6 Å². The molecular formula is C24H24FN3O3. The third-order valence-corrected chi connectivity index (χ3v) is 5.15. The van der Waals surface area contributed by atoms with Crippen LogP contribution in [0.1, 0.15) is 24.2 Å². The normalized spacial score (nSPS) is 12.9. The number of urea groups is 1. The molecule has 4 rings (SSSR count). The maximum atomic E-state index is 13.3.